The van der Waals surface area contributed by atoms with Crippen LogP contribution in [0.25, 0.3) is 17.7 Å². The molecule has 2 rings (SSSR count). The zero-order chi connectivity index (χ0) is 18.6. The van der Waals surface area contributed by atoms with Crippen LogP contribution in [0.5, 0.6) is 0 Å². The van der Waals surface area contributed by atoms with E-state index in [2.05, 4.69) is 18.0 Å². The molecule has 25 heavy (non-hydrogen) atoms. The first-order chi connectivity index (χ1) is 11.8. The molecule has 1 N–H and O–H groups in total. The summed E-state index contributed by atoms with van der Waals surface area (Å²) in [5.74, 6) is -0.807. The van der Waals surface area contributed by atoms with Crippen LogP contribution in [0.15, 0.2) is 36.9 Å². The maximum absolute atomic E-state index is 12.6. The molecule has 1 heterocycles. The van der Waals surface area contributed by atoms with Crippen molar-refractivity contribution in [1.82, 2.24) is 5.32 Å². The van der Waals surface area contributed by atoms with E-state index in [1.807, 2.05) is 58.0 Å². The summed E-state index contributed by atoms with van der Waals surface area (Å²) < 4.78 is 5.27. The van der Waals surface area contributed by atoms with Crippen LogP contribution in [0, 0.1) is 0 Å². The van der Waals surface area contributed by atoms with Crippen molar-refractivity contribution in [2.45, 2.75) is 45.8 Å². The van der Waals surface area contributed by atoms with Gasteiger partial charge in [-0.25, -0.2) is 4.79 Å². The summed E-state index contributed by atoms with van der Waals surface area (Å²) in [5, 5.41) is 4.89. The fourth-order valence-corrected chi connectivity index (χ4v) is 2.81. The van der Waals surface area contributed by atoms with E-state index >= 15 is 0 Å². The molecule has 0 saturated heterocycles. The largest absolute Gasteiger partial charge is 0.444 e. The van der Waals surface area contributed by atoms with Gasteiger partial charge in [-0.05, 0) is 50.1 Å². The average molecular weight is 341 g/mol. The summed E-state index contributed by atoms with van der Waals surface area (Å²) in [6.07, 6.45) is 7.09. The number of nitrogens with one attached hydrogen (secondary N) is 1. The molecule has 4 heteroatoms. The van der Waals surface area contributed by atoms with Crippen LogP contribution in [-0.4, -0.2) is 23.5 Å². The summed E-state index contributed by atoms with van der Waals surface area (Å²) in [4.78, 5) is 24.4. The van der Waals surface area contributed by atoms with Gasteiger partial charge in [0.25, 0.3) is 5.91 Å². The van der Waals surface area contributed by atoms with E-state index in [4.69, 9.17) is 4.74 Å². The maximum Gasteiger partial charge on any atom is 0.332 e. The van der Waals surface area contributed by atoms with Gasteiger partial charge < -0.3 is 10.1 Å². The highest BCUT2D eigenvalue weighted by atomic mass is 16.6. The molecule has 134 valence electrons. The van der Waals surface area contributed by atoms with Gasteiger partial charge >= 0.3 is 5.97 Å². The van der Waals surface area contributed by atoms with Gasteiger partial charge in [0.1, 0.15) is 0 Å². The minimum Gasteiger partial charge on any atom is -0.444 e. The standard InChI is InChI=1S/C21H25NO3.H2/c1-6-8-10-14-11-9-12-16(15(14)7-2)17-13-18(23)25-19(17)20(24)22-21(3,4)5;/h6-7,9-13,19H,1,8H2,2-5H3,(H,22,24);1H/b14-10-,15-7+;. The van der Waals surface area contributed by atoms with Gasteiger partial charge in [0, 0.05) is 18.6 Å². The Balaban J connectivity index is 0.00000338. The van der Waals surface area contributed by atoms with E-state index in [0.717, 1.165) is 22.4 Å². The predicted octanol–water partition coefficient (Wildman–Crippen LogP) is 2.31. The molecule has 0 fully saturated rings. The Hall–Kier alpha value is -2.62. The van der Waals surface area contributed by atoms with Gasteiger partial charge in [-0.2, -0.15) is 0 Å². The van der Waals surface area contributed by atoms with Crippen molar-refractivity contribution < 1.29 is 15.8 Å². The normalized spacial score (nSPS) is 18.8. The Bertz CT molecular complexity index is 847. The Morgan fingerprint density at radius 1 is 1.40 bits per heavy atom. The van der Waals surface area contributed by atoms with Crippen LogP contribution < -0.4 is 15.8 Å². The Kier molecular flexibility index (Phi) is 5.62. The lowest BCUT2D eigenvalue weighted by Gasteiger charge is -2.24. The molecule has 1 aromatic rings. The second-order valence-electron chi connectivity index (χ2n) is 6.98. The molecule has 1 atom stereocenters. The molecule has 0 aromatic heterocycles. The fraction of sp³-hybridized carbons (Fsp3) is 0.333. The third-order valence-corrected chi connectivity index (χ3v) is 3.77. The molecular weight excluding hydrogens is 314 g/mol. The number of allylic oxidation sites excluding steroid dienone is 1. The molecule has 1 aromatic carbocycles. The van der Waals surface area contributed by atoms with Crippen LogP contribution in [0.4, 0.5) is 0 Å². The van der Waals surface area contributed by atoms with E-state index in [-0.39, 0.29) is 7.33 Å². The predicted molar refractivity (Wildman–Crippen MR) is 103 cm³/mol. The van der Waals surface area contributed by atoms with Gasteiger partial charge in [0.2, 0.25) is 6.10 Å². The van der Waals surface area contributed by atoms with Gasteiger partial charge in [0.05, 0.1) is 0 Å². The Morgan fingerprint density at radius 3 is 2.72 bits per heavy atom. The minimum absolute atomic E-state index is 0. The third kappa shape index (κ3) is 4.47. The van der Waals surface area contributed by atoms with Crippen molar-refractivity contribution in [2.75, 3.05) is 0 Å². The van der Waals surface area contributed by atoms with E-state index in [1.54, 1.807) is 0 Å². The van der Waals surface area contributed by atoms with Crippen molar-refractivity contribution in [3.63, 3.8) is 0 Å². The quantitative estimate of drug-likeness (QED) is 0.675. The second kappa shape index (κ2) is 7.51. The fourth-order valence-electron chi connectivity index (χ4n) is 2.81. The van der Waals surface area contributed by atoms with Gasteiger partial charge in [-0.1, -0.05) is 36.4 Å². The maximum atomic E-state index is 12.6. The number of carbonyl (C=O) groups is 2. The van der Waals surface area contributed by atoms with E-state index in [9.17, 15) is 9.59 Å². The number of cyclic esters (lactones) is 1. The molecule has 0 bridgehead atoms. The van der Waals surface area contributed by atoms with Crippen molar-refractivity contribution in [3.8, 4) is 0 Å². The van der Waals surface area contributed by atoms with E-state index < -0.39 is 17.6 Å². The third-order valence-electron chi connectivity index (χ3n) is 3.77. The molecular formula is C21H27NO3. The Morgan fingerprint density at radius 2 is 2.12 bits per heavy atom. The van der Waals surface area contributed by atoms with Crippen LogP contribution in [0.2, 0.25) is 0 Å². The summed E-state index contributed by atoms with van der Waals surface area (Å²) in [6, 6.07) is 5.83. The molecule has 0 spiro atoms. The number of benzene rings is 1. The van der Waals surface area contributed by atoms with Gasteiger partial charge in [-0.3, -0.25) is 4.79 Å². The molecule has 1 amide bonds. The van der Waals surface area contributed by atoms with E-state index in [0.29, 0.717) is 5.57 Å². The zero-order valence-electron chi connectivity index (χ0n) is 15.3. The first kappa shape index (κ1) is 18.7. The first-order valence-electron chi connectivity index (χ1n) is 8.38. The zero-order valence-corrected chi connectivity index (χ0v) is 15.3. The summed E-state index contributed by atoms with van der Waals surface area (Å²) >= 11 is 0. The topological polar surface area (TPSA) is 55.4 Å². The summed E-state index contributed by atoms with van der Waals surface area (Å²) in [7, 11) is 0. The second-order valence-corrected chi connectivity index (χ2v) is 6.98. The molecule has 1 aliphatic rings. The molecule has 4 nitrogen and oxygen atoms in total. The van der Waals surface area contributed by atoms with E-state index in [1.165, 1.54) is 6.08 Å². The molecule has 0 aliphatic carbocycles. The van der Waals surface area contributed by atoms with Crippen LogP contribution in [0.1, 0.15) is 41.1 Å². The smallest absolute Gasteiger partial charge is 0.332 e. The SMILES string of the molecule is C=CC/C=c1/cccc(C2=CC(=O)OC2C(=O)NC(C)(C)C)/c1=C/C.[HH]. The number of carbonyl (C=O) groups excluding carboxylic acids is 2. The first-order valence-corrected chi connectivity index (χ1v) is 8.38. The number of hydrogen-bond donors (Lipinski definition) is 1. The van der Waals surface area contributed by atoms with Crippen LogP contribution in [0.3, 0.4) is 0 Å². The van der Waals surface area contributed by atoms with Crippen molar-refractivity contribution in [2.24, 2.45) is 0 Å². The highest BCUT2D eigenvalue weighted by molar-refractivity contribution is 6.07. The monoisotopic (exact) mass is 341 g/mol. The molecule has 0 radical (unpaired) electrons. The summed E-state index contributed by atoms with van der Waals surface area (Å²) in [5.41, 5.74) is 1.02. The lowest BCUT2D eigenvalue weighted by molar-refractivity contribution is -0.146. The number of esters is 1. The lowest BCUT2D eigenvalue weighted by atomic mass is 9.96. The number of ether oxygens (including phenoxy) is 1. The minimum atomic E-state index is -0.930. The highest BCUT2D eigenvalue weighted by Gasteiger charge is 2.35. The molecule has 0 saturated carbocycles. The molecule has 1 aliphatic heterocycles. The van der Waals surface area contributed by atoms with Crippen molar-refractivity contribution >= 4 is 29.6 Å². The molecule has 1 unspecified atom stereocenters. The number of rotatable bonds is 4. The van der Waals surface area contributed by atoms with Gasteiger partial charge in [0.15, 0.2) is 0 Å². The number of hydrogen-bond acceptors (Lipinski definition) is 3. The average Bonchev–Trinajstić information content (AvgIpc) is 2.92. The number of amides is 1. The van der Waals surface area contributed by atoms with Crippen LogP contribution in [-0.2, 0) is 14.3 Å². The Labute approximate surface area is 150 Å². The van der Waals surface area contributed by atoms with Crippen molar-refractivity contribution in [1.29, 1.82) is 0 Å². The van der Waals surface area contributed by atoms with Crippen LogP contribution >= 0.6 is 0 Å². The van der Waals surface area contributed by atoms with Gasteiger partial charge in [-0.15, -0.1) is 6.58 Å². The van der Waals surface area contributed by atoms with Crippen molar-refractivity contribution in [3.05, 3.63) is 52.9 Å². The highest BCUT2D eigenvalue weighted by Crippen LogP contribution is 2.24. The lowest BCUT2D eigenvalue weighted by Crippen LogP contribution is -2.46. The summed E-state index contributed by atoms with van der Waals surface area (Å²) in [6.45, 7) is 11.3.